The molecule has 6 heteroatoms. The third-order valence-corrected chi connectivity index (χ3v) is 3.49. The number of anilines is 1. The topological polar surface area (TPSA) is 98.3 Å². The van der Waals surface area contributed by atoms with Crippen LogP contribution in [0.1, 0.15) is 32.1 Å². The van der Waals surface area contributed by atoms with Gasteiger partial charge in [0.25, 0.3) is 5.69 Å². The molecular weight excluding hydrogens is 246 g/mol. The van der Waals surface area contributed by atoms with Crippen LogP contribution in [0.5, 0.6) is 0 Å². The fraction of sp³-hybridized carbons (Fsp3) is 0.462. The van der Waals surface area contributed by atoms with Gasteiger partial charge in [-0.1, -0.05) is 25.0 Å². The largest absolute Gasteiger partial charge is 0.325 e. The van der Waals surface area contributed by atoms with Crippen LogP contribution in [0.25, 0.3) is 0 Å². The van der Waals surface area contributed by atoms with Crippen LogP contribution >= 0.6 is 0 Å². The molecule has 1 fully saturated rings. The van der Waals surface area contributed by atoms with Crippen molar-refractivity contribution in [2.45, 2.75) is 37.6 Å². The summed E-state index contributed by atoms with van der Waals surface area (Å²) in [6, 6.07) is 6.10. The molecule has 1 saturated carbocycles. The molecule has 3 N–H and O–H groups in total. The fourth-order valence-electron chi connectivity index (χ4n) is 2.51. The quantitative estimate of drug-likeness (QED) is 0.642. The van der Waals surface area contributed by atoms with Crippen LogP contribution in [-0.2, 0) is 4.79 Å². The zero-order valence-electron chi connectivity index (χ0n) is 10.6. The summed E-state index contributed by atoms with van der Waals surface area (Å²) in [6.07, 6.45) is 3.94. The highest BCUT2D eigenvalue weighted by Crippen LogP contribution is 2.31. The Morgan fingerprint density at radius 1 is 1.37 bits per heavy atom. The zero-order valence-corrected chi connectivity index (χ0v) is 10.6. The lowest BCUT2D eigenvalue weighted by atomic mass is 9.94. The van der Waals surface area contributed by atoms with Crippen LogP contribution in [-0.4, -0.2) is 16.4 Å². The summed E-state index contributed by atoms with van der Waals surface area (Å²) in [5.41, 5.74) is 5.78. The SMILES string of the molecule is NC1(CC(=O)Nc2ccccc2[N+](=O)[O-])CCCC1. The number of para-hydroxylation sites is 2. The van der Waals surface area contributed by atoms with E-state index < -0.39 is 10.5 Å². The summed E-state index contributed by atoms with van der Waals surface area (Å²) in [5.74, 6) is -0.265. The number of hydrogen-bond acceptors (Lipinski definition) is 4. The molecule has 102 valence electrons. The molecule has 19 heavy (non-hydrogen) atoms. The molecule has 1 aromatic carbocycles. The third kappa shape index (κ3) is 3.29. The fourth-order valence-corrected chi connectivity index (χ4v) is 2.51. The van der Waals surface area contributed by atoms with E-state index in [-0.39, 0.29) is 23.7 Å². The first-order valence-electron chi connectivity index (χ1n) is 6.32. The Labute approximate surface area is 111 Å². The number of nitro benzene ring substituents is 1. The molecule has 6 nitrogen and oxygen atoms in total. The van der Waals surface area contributed by atoms with Crippen LogP contribution < -0.4 is 11.1 Å². The van der Waals surface area contributed by atoms with E-state index in [0.29, 0.717) is 0 Å². The minimum Gasteiger partial charge on any atom is -0.325 e. The number of nitro groups is 1. The Morgan fingerprint density at radius 2 is 2.00 bits per heavy atom. The Kier molecular flexibility index (Phi) is 3.80. The van der Waals surface area contributed by atoms with Gasteiger partial charge in [0.05, 0.1) is 4.92 Å². The average molecular weight is 263 g/mol. The second-order valence-electron chi connectivity index (χ2n) is 5.07. The van der Waals surface area contributed by atoms with E-state index in [4.69, 9.17) is 5.73 Å². The summed E-state index contributed by atoms with van der Waals surface area (Å²) >= 11 is 0. The van der Waals surface area contributed by atoms with Crippen molar-refractivity contribution in [3.8, 4) is 0 Å². The molecule has 1 amide bonds. The molecule has 1 aliphatic rings. The summed E-state index contributed by atoms with van der Waals surface area (Å²) in [4.78, 5) is 22.3. The van der Waals surface area contributed by atoms with Gasteiger partial charge in [-0.2, -0.15) is 0 Å². The van der Waals surface area contributed by atoms with Crippen LogP contribution in [0.4, 0.5) is 11.4 Å². The van der Waals surface area contributed by atoms with E-state index in [1.807, 2.05) is 0 Å². The first-order valence-corrected chi connectivity index (χ1v) is 6.32. The van der Waals surface area contributed by atoms with Crippen molar-refractivity contribution in [1.82, 2.24) is 0 Å². The van der Waals surface area contributed by atoms with Crippen molar-refractivity contribution in [2.24, 2.45) is 5.73 Å². The summed E-state index contributed by atoms with van der Waals surface area (Å²) in [6.45, 7) is 0. The molecule has 1 aromatic rings. The Bertz CT molecular complexity index is 496. The first kappa shape index (κ1) is 13.5. The third-order valence-electron chi connectivity index (χ3n) is 3.49. The standard InChI is InChI=1S/C13H17N3O3/c14-13(7-3-4-8-13)9-12(17)15-10-5-1-2-6-11(10)16(18)19/h1-2,5-6H,3-4,7-9,14H2,(H,15,17). The number of amides is 1. The number of carbonyl (C=O) groups is 1. The van der Waals surface area contributed by atoms with E-state index in [1.165, 1.54) is 12.1 Å². The van der Waals surface area contributed by atoms with Gasteiger partial charge < -0.3 is 11.1 Å². The number of nitrogens with zero attached hydrogens (tertiary/aromatic N) is 1. The molecule has 0 aromatic heterocycles. The monoisotopic (exact) mass is 263 g/mol. The van der Waals surface area contributed by atoms with Crippen molar-refractivity contribution in [3.63, 3.8) is 0 Å². The van der Waals surface area contributed by atoms with Crippen molar-refractivity contribution in [3.05, 3.63) is 34.4 Å². The number of carbonyl (C=O) groups excluding carboxylic acids is 1. The lowest BCUT2D eigenvalue weighted by Gasteiger charge is -2.22. The van der Waals surface area contributed by atoms with Gasteiger partial charge in [-0.15, -0.1) is 0 Å². The minimum absolute atomic E-state index is 0.103. The maximum absolute atomic E-state index is 11.9. The van der Waals surface area contributed by atoms with Gasteiger partial charge >= 0.3 is 0 Å². The second-order valence-corrected chi connectivity index (χ2v) is 5.07. The van der Waals surface area contributed by atoms with E-state index in [1.54, 1.807) is 12.1 Å². The normalized spacial score (nSPS) is 17.1. The maximum atomic E-state index is 11.9. The molecule has 2 rings (SSSR count). The lowest BCUT2D eigenvalue weighted by Crippen LogP contribution is -2.40. The summed E-state index contributed by atoms with van der Waals surface area (Å²) in [7, 11) is 0. The van der Waals surface area contributed by atoms with Gasteiger partial charge in [-0.3, -0.25) is 14.9 Å². The molecule has 0 aliphatic heterocycles. The van der Waals surface area contributed by atoms with Crippen LogP contribution in [0.15, 0.2) is 24.3 Å². The van der Waals surface area contributed by atoms with Gasteiger partial charge in [0.15, 0.2) is 0 Å². The number of hydrogen-bond donors (Lipinski definition) is 2. The van der Waals surface area contributed by atoms with Crippen LogP contribution in [0.2, 0.25) is 0 Å². The highest BCUT2D eigenvalue weighted by Gasteiger charge is 2.32. The summed E-state index contributed by atoms with van der Waals surface area (Å²) in [5, 5.41) is 13.4. The molecule has 0 atom stereocenters. The van der Waals surface area contributed by atoms with Gasteiger partial charge in [-0.05, 0) is 18.9 Å². The van der Waals surface area contributed by atoms with Crippen LogP contribution in [0.3, 0.4) is 0 Å². The van der Waals surface area contributed by atoms with Crippen molar-refractivity contribution in [2.75, 3.05) is 5.32 Å². The van der Waals surface area contributed by atoms with Gasteiger partial charge in [0.1, 0.15) is 5.69 Å². The van der Waals surface area contributed by atoms with Crippen molar-refractivity contribution >= 4 is 17.3 Å². The van der Waals surface area contributed by atoms with Gasteiger partial charge in [0, 0.05) is 18.0 Å². The Morgan fingerprint density at radius 3 is 2.63 bits per heavy atom. The molecule has 0 spiro atoms. The molecular formula is C13H17N3O3. The number of benzene rings is 1. The first-order chi connectivity index (χ1) is 9.00. The highest BCUT2D eigenvalue weighted by atomic mass is 16.6. The number of nitrogens with one attached hydrogen (secondary N) is 1. The molecule has 0 unspecified atom stereocenters. The van der Waals surface area contributed by atoms with Crippen molar-refractivity contribution in [1.29, 1.82) is 0 Å². The van der Waals surface area contributed by atoms with Crippen LogP contribution in [0, 0.1) is 10.1 Å². The average Bonchev–Trinajstić information content (AvgIpc) is 2.75. The molecule has 1 aliphatic carbocycles. The Balaban J connectivity index is 2.05. The number of nitrogens with two attached hydrogens (primary N) is 1. The highest BCUT2D eigenvalue weighted by molar-refractivity contribution is 5.93. The smallest absolute Gasteiger partial charge is 0.292 e. The maximum Gasteiger partial charge on any atom is 0.292 e. The summed E-state index contributed by atoms with van der Waals surface area (Å²) < 4.78 is 0. The zero-order chi connectivity index (χ0) is 13.9. The predicted molar refractivity (Wildman–Crippen MR) is 71.7 cm³/mol. The molecule has 0 bridgehead atoms. The lowest BCUT2D eigenvalue weighted by molar-refractivity contribution is -0.383. The van der Waals surface area contributed by atoms with E-state index in [2.05, 4.69) is 5.32 Å². The van der Waals surface area contributed by atoms with E-state index in [9.17, 15) is 14.9 Å². The predicted octanol–water partition coefficient (Wildman–Crippen LogP) is 2.19. The van der Waals surface area contributed by atoms with Gasteiger partial charge in [-0.25, -0.2) is 0 Å². The van der Waals surface area contributed by atoms with Gasteiger partial charge in [0.2, 0.25) is 5.91 Å². The number of rotatable bonds is 4. The van der Waals surface area contributed by atoms with E-state index in [0.717, 1.165) is 25.7 Å². The second kappa shape index (κ2) is 5.36. The van der Waals surface area contributed by atoms with Crippen molar-refractivity contribution < 1.29 is 9.72 Å². The molecule has 0 radical (unpaired) electrons. The molecule has 0 heterocycles. The Hall–Kier alpha value is -1.95. The van der Waals surface area contributed by atoms with E-state index >= 15 is 0 Å². The minimum atomic E-state index is -0.511. The molecule has 0 saturated heterocycles.